The fourth-order valence-electron chi connectivity index (χ4n) is 1.34. The molecule has 2 aromatic rings. The molecule has 0 radical (unpaired) electrons. The van der Waals surface area contributed by atoms with Gasteiger partial charge in [-0.15, -0.1) is 22.9 Å². The number of hydrogen-bond donors (Lipinski definition) is 0. The Morgan fingerprint density at radius 2 is 2.40 bits per heavy atom. The van der Waals surface area contributed by atoms with Crippen LogP contribution < -0.4 is 0 Å². The van der Waals surface area contributed by atoms with Gasteiger partial charge in [0, 0.05) is 30.7 Å². The Labute approximate surface area is 97.8 Å². The second-order valence-corrected chi connectivity index (χ2v) is 4.53. The summed E-state index contributed by atoms with van der Waals surface area (Å²) in [5.41, 5.74) is 1.11. The van der Waals surface area contributed by atoms with Crippen molar-refractivity contribution in [1.82, 2.24) is 14.5 Å². The van der Waals surface area contributed by atoms with E-state index < -0.39 is 0 Å². The van der Waals surface area contributed by atoms with E-state index in [0.29, 0.717) is 5.88 Å². The van der Waals surface area contributed by atoms with Crippen molar-refractivity contribution in [2.75, 3.05) is 5.88 Å². The number of alkyl halides is 1. The fraction of sp³-hybridized carbons (Fsp3) is 0.400. The van der Waals surface area contributed by atoms with Crippen LogP contribution in [0.3, 0.4) is 0 Å². The molecule has 0 aliphatic carbocycles. The minimum absolute atomic E-state index is 0.690. The van der Waals surface area contributed by atoms with Crippen LogP contribution >= 0.6 is 22.9 Å². The molecule has 3 nitrogen and oxygen atoms in total. The van der Waals surface area contributed by atoms with Crippen molar-refractivity contribution < 1.29 is 0 Å². The first-order valence-electron chi connectivity index (χ1n) is 4.79. The van der Waals surface area contributed by atoms with E-state index in [1.165, 1.54) is 0 Å². The number of thiazole rings is 1. The highest BCUT2D eigenvalue weighted by atomic mass is 35.5. The number of hydrogen-bond acceptors (Lipinski definition) is 3. The van der Waals surface area contributed by atoms with Crippen LogP contribution in [0.25, 0.3) is 10.8 Å². The van der Waals surface area contributed by atoms with E-state index in [1.54, 1.807) is 17.5 Å². The number of aryl methyl sites for hydroxylation is 2. The van der Waals surface area contributed by atoms with Gasteiger partial charge < -0.3 is 4.57 Å². The second-order valence-electron chi connectivity index (χ2n) is 3.30. The normalized spacial score (nSPS) is 10.8. The molecule has 0 fully saturated rings. The van der Waals surface area contributed by atoms with Crippen LogP contribution in [0.4, 0.5) is 0 Å². The monoisotopic (exact) mass is 241 g/mol. The fourth-order valence-corrected chi connectivity index (χ4v) is 2.37. The topological polar surface area (TPSA) is 30.7 Å². The lowest BCUT2D eigenvalue weighted by Crippen LogP contribution is -1.91. The Balaban J connectivity index is 2.17. The lowest BCUT2D eigenvalue weighted by Gasteiger charge is -1.95. The largest absolute Gasteiger partial charge is 0.332 e. The zero-order valence-electron chi connectivity index (χ0n) is 8.48. The molecular weight excluding hydrogens is 230 g/mol. The Hall–Kier alpha value is -0.870. The van der Waals surface area contributed by atoms with Crippen LogP contribution in [-0.4, -0.2) is 20.4 Å². The van der Waals surface area contributed by atoms with E-state index in [0.717, 1.165) is 29.4 Å². The highest BCUT2D eigenvalue weighted by molar-refractivity contribution is 7.13. The van der Waals surface area contributed by atoms with Crippen LogP contribution in [0.1, 0.15) is 12.1 Å². The third-order valence-electron chi connectivity index (χ3n) is 2.13. The van der Waals surface area contributed by atoms with Gasteiger partial charge in [-0.25, -0.2) is 9.97 Å². The quantitative estimate of drug-likeness (QED) is 0.771. The first-order valence-corrected chi connectivity index (χ1v) is 6.20. The van der Waals surface area contributed by atoms with Crippen LogP contribution in [0, 0.1) is 0 Å². The lowest BCUT2D eigenvalue weighted by molar-refractivity contribution is 0.889. The van der Waals surface area contributed by atoms with E-state index >= 15 is 0 Å². The van der Waals surface area contributed by atoms with Crippen LogP contribution in [0.5, 0.6) is 0 Å². The average molecular weight is 242 g/mol. The molecule has 0 saturated heterocycles. The summed E-state index contributed by atoms with van der Waals surface area (Å²) in [7, 11) is 1.97. The van der Waals surface area contributed by atoms with E-state index in [9.17, 15) is 0 Å². The van der Waals surface area contributed by atoms with Crippen molar-refractivity contribution in [3.05, 3.63) is 23.5 Å². The maximum Gasteiger partial charge on any atom is 0.168 e. The molecule has 0 bridgehead atoms. The number of imidazole rings is 1. The number of halogens is 1. The molecule has 0 aliphatic rings. The van der Waals surface area contributed by atoms with Gasteiger partial charge >= 0.3 is 0 Å². The van der Waals surface area contributed by atoms with Crippen molar-refractivity contribution in [2.45, 2.75) is 12.8 Å². The summed E-state index contributed by atoms with van der Waals surface area (Å²) < 4.78 is 1.98. The number of nitrogens with zero attached hydrogens (tertiary/aromatic N) is 3. The first-order chi connectivity index (χ1) is 7.31. The Bertz CT molecular complexity index is 435. The number of aromatic nitrogens is 3. The van der Waals surface area contributed by atoms with E-state index in [2.05, 4.69) is 15.3 Å². The van der Waals surface area contributed by atoms with Gasteiger partial charge in [0.25, 0.3) is 0 Å². The number of rotatable bonds is 4. The molecule has 0 N–H and O–H groups in total. The zero-order chi connectivity index (χ0) is 10.7. The predicted molar refractivity (Wildman–Crippen MR) is 63.4 cm³/mol. The molecule has 5 heteroatoms. The molecule has 0 unspecified atom stereocenters. The van der Waals surface area contributed by atoms with Crippen molar-refractivity contribution in [1.29, 1.82) is 0 Å². The molecule has 0 atom stereocenters. The standard InChI is InChI=1S/C10H12ClN3S/c1-14-6-5-12-9(14)10-13-8(7-15-10)3-2-4-11/h5-7H,2-4H2,1H3. The van der Waals surface area contributed by atoms with Gasteiger partial charge in [-0.3, -0.25) is 0 Å². The summed E-state index contributed by atoms with van der Waals surface area (Å²) in [6.45, 7) is 0. The summed E-state index contributed by atoms with van der Waals surface area (Å²) in [5, 5.41) is 3.06. The van der Waals surface area contributed by atoms with Crippen molar-refractivity contribution >= 4 is 22.9 Å². The molecule has 0 saturated carbocycles. The molecule has 15 heavy (non-hydrogen) atoms. The van der Waals surface area contributed by atoms with Gasteiger partial charge in [-0.2, -0.15) is 0 Å². The van der Waals surface area contributed by atoms with Crippen LogP contribution in [0.15, 0.2) is 17.8 Å². The van der Waals surface area contributed by atoms with Crippen molar-refractivity contribution in [3.8, 4) is 10.8 Å². The van der Waals surface area contributed by atoms with Crippen LogP contribution in [0.2, 0.25) is 0 Å². The minimum Gasteiger partial charge on any atom is -0.332 e. The minimum atomic E-state index is 0.690. The second kappa shape index (κ2) is 4.77. The lowest BCUT2D eigenvalue weighted by atomic mass is 10.3. The summed E-state index contributed by atoms with van der Waals surface area (Å²) >= 11 is 7.28. The van der Waals surface area contributed by atoms with Gasteiger partial charge in [0.05, 0.1) is 5.69 Å². The third kappa shape index (κ3) is 2.38. The molecule has 0 aliphatic heterocycles. The molecule has 2 rings (SSSR count). The third-order valence-corrected chi connectivity index (χ3v) is 3.29. The van der Waals surface area contributed by atoms with Gasteiger partial charge in [0.15, 0.2) is 10.8 Å². The Kier molecular flexibility index (Phi) is 3.38. The molecular formula is C10H12ClN3S. The van der Waals surface area contributed by atoms with E-state index in [4.69, 9.17) is 11.6 Å². The van der Waals surface area contributed by atoms with Gasteiger partial charge in [-0.1, -0.05) is 0 Å². The maximum atomic E-state index is 5.64. The van der Waals surface area contributed by atoms with Crippen molar-refractivity contribution in [2.24, 2.45) is 7.05 Å². The summed E-state index contributed by atoms with van der Waals surface area (Å²) in [6, 6.07) is 0. The highest BCUT2D eigenvalue weighted by Gasteiger charge is 2.08. The molecule has 0 spiro atoms. The van der Waals surface area contributed by atoms with Crippen LogP contribution in [-0.2, 0) is 13.5 Å². The van der Waals surface area contributed by atoms with E-state index in [1.807, 2.05) is 17.8 Å². The molecule has 80 valence electrons. The zero-order valence-corrected chi connectivity index (χ0v) is 10.1. The van der Waals surface area contributed by atoms with Crippen molar-refractivity contribution in [3.63, 3.8) is 0 Å². The molecule has 2 aromatic heterocycles. The Morgan fingerprint density at radius 1 is 1.53 bits per heavy atom. The summed E-state index contributed by atoms with van der Waals surface area (Å²) in [4.78, 5) is 8.79. The summed E-state index contributed by atoms with van der Waals surface area (Å²) in [6.07, 6.45) is 5.64. The average Bonchev–Trinajstić information content (AvgIpc) is 2.83. The smallest absolute Gasteiger partial charge is 0.168 e. The van der Waals surface area contributed by atoms with E-state index in [-0.39, 0.29) is 0 Å². The van der Waals surface area contributed by atoms with Gasteiger partial charge in [0.1, 0.15) is 0 Å². The summed E-state index contributed by atoms with van der Waals surface area (Å²) in [5.74, 6) is 1.62. The van der Waals surface area contributed by atoms with Gasteiger partial charge in [-0.05, 0) is 12.8 Å². The van der Waals surface area contributed by atoms with Gasteiger partial charge in [0.2, 0.25) is 0 Å². The molecule has 2 heterocycles. The SMILES string of the molecule is Cn1ccnc1-c1nc(CCCCl)cs1. The molecule has 0 aromatic carbocycles. The maximum absolute atomic E-state index is 5.64. The molecule has 0 amide bonds. The predicted octanol–water partition coefficient (Wildman–Crippen LogP) is 2.72. The Morgan fingerprint density at radius 3 is 3.07 bits per heavy atom. The highest BCUT2D eigenvalue weighted by Crippen LogP contribution is 2.22. The first kappa shape index (κ1) is 10.6.